The Bertz CT molecular complexity index is 552. The van der Waals surface area contributed by atoms with Crippen molar-refractivity contribution in [3.63, 3.8) is 0 Å². The van der Waals surface area contributed by atoms with E-state index in [-0.39, 0.29) is 16.9 Å². The zero-order chi connectivity index (χ0) is 14.5. The number of ether oxygens (including phenoxy) is 1. The zero-order valence-electron chi connectivity index (χ0n) is 12.6. The summed E-state index contributed by atoms with van der Waals surface area (Å²) in [5, 5.41) is 10.1. The molecule has 4 atom stereocenters. The first-order chi connectivity index (χ1) is 10.2. The lowest BCUT2D eigenvalue weighted by Gasteiger charge is -2.63. The molecule has 1 aromatic carbocycles. The molecule has 2 heteroatoms. The van der Waals surface area contributed by atoms with Gasteiger partial charge >= 0.3 is 0 Å². The Hall–Kier alpha value is -1.12. The van der Waals surface area contributed by atoms with Crippen molar-refractivity contribution in [2.45, 2.75) is 44.8 Å². The van der Waals surface area contributed by atoms with Gasteiger partial charge in [-0.05, 0) is 30.7 Å². The molecule has 4 aliphatic rings. The second-order valence-electron chi connectivity index (χ2n) is 7.09. The predicted octanol–water partition coefficient (Wildman–Crippen LogP) is 3.70. The van der Waals surface area contributed by atoms with Crippen molar-refractivity contribution in [1.82, 2.24) is 0 Å². The molecular formula is C19H24O2. The summed E-state index contributed by atoms with van der Waals surface area (Å²) >= 11 is 0. The fourth-order valence-corrected chi connectivity index (χ4v) is 5.63. The smallest absolute Gasteiger partial charge is 0.0721 e. The Morgan fingerprint density at radius 3 is 2.71 bits per heavy atom. The maximum Gasteiger partial charge on any atom is 0.0721 e. The molecule has 2 nitrogen and oxygen atoms in total. The van der Waals surface area contributed by atoms with E-state index in [0.29, 0.717) is 19.1 Å². The topological polar surface area (TPSA) is 29.5 Å². The molecule has 112 valence electrons. The van der Waals surface area contributed by atoms with Gasteiger partial charge in [-0.15, -0.1) is 0 Å². The number of hydrogen-bond donors (Lipinski definition) is 1. The molecule has 0 radical (unpaired) electrons. The number of rotatable bonds is 4. The fourth-order valence-electron chi connectivity index (χ4n) is 5.63. The van der Waals surface area contributed by atoms with Crippen LogP contribution in [-0.2, 0) is 11.3 Å². The van der Waals surface area contributed by atoms with Crippen LogP contribution in [0.4, 0.5) is 0 Å². The van der Waals surface area contributed by atoms with Crippen LogP contribution in [0.25, 0.3) is 0 Å². The highest BCUT2D eigenvalue weighted by molar-refractivity contribution is 5.42. The first-order valence-corrected chi connectivity index (χ1v) is 8.20. The molecule has 0 aliphatic heterocycles. The highest BCUT2D eigenvalue weighted by Crippen LogP contribution is 2.78. The molecule has 0 saturated heterocycles. The molecule has 1 aromatic rings. The zero-order valence-corrected chi connectivity index (χ0v) is 12.6. The van der Waals surface area contributed by atoms with Crippen molar-refractivity contribution in [3.05, 3.63) is 48.0 Å². The normalized spacial score (nSPS) is 40.7. The first-order valence-electron chi connectivity index (χ1n) is 8.20. The third-order valence-electron chi connectivity index (χ3n) is 6.57. The average Bonchev–Trinajstić information content (AvgIpc) is 3.00. The molecule has 5 rings (SSSR count). The van der Waals surface area contributed by atoms with E-state index in [4.69, 9.17) is 4.74 Å². The minimum absolute atomic E-state index is 0.0689. The summed E-state index contributed by atoms with van der Waals surface area (Å²) in [5.74, 6) is 0.489. The van der Waals surface area contributed by atoms with E-state index in [2.05, 4.69) is 30.8 Å². The quantitative estimate of drug-likeness (QED) is 0.854. The molecule has 0 heterocycles. The Balaban J connectivity index is 1.56. The fraction of sp³-hybridized carbons (Fsp3) is 0.579. The average molecular weight is 284 g/mol. The van der Waals surface area contributed by atoms with Crippen molar-refractivity contribution in [1.29, 1.82) is 0 Å². The summed E-state index contributed by atoms with van der Waals surface area (Å²) in [6, 6.07) is 10.4. The van der Waals surface area contributed by atoms with E-state index in [0.717, 1.165) is 19.3 Å². The van der Waals surface area contributed by atoms with Crippen LogP contribution in [0.1, 0.15) is 37.7 Å². The second kappa shape index (κ2) is 4.69. The molecule has 4 aliphatic carbocycles. The van der Waals surface area contributed by atoms with Crippen molar-refractivity contribution < 1.29 is 9.84 Å². The summed E-state index contributed by atoms with van der Waals surface area (Å²) < 4.78 is 6.33. The second-order valence-corrected chi connectivity index (χ2v) is 7.09. The van der Waals surface area contributed by atoms with Crippen LogP contribution >= 0.6 is 0 Å². The number of fused-ring (bicyclic) bond motifs is 1. The molecule has 0 aromatic heterocycles. The molecule has 4 saturated carbocycles. The Kier molecular flexibility index (Phi) is 3.02. The monoisotopic (exact) mass is 284 g/mol. The SMILES string of the molecule is C=C1[C@H]2C[C@H](OCc3ccccc3)[C@@]13CCCC[C@@]23CO. The lowest BCUT2D eigenvalue weighted by Crippen LogP contribution is -2.60. The van der Waals surface area contributed by atoms with Gasteiger partial charge in [0.15, 0.2) is 0 Å². The maximum absolute atomic E-state index is 10.1. The van der Waals surface area contributed by atoms with Crippen molar-refractivity contribution in [2.24, 2.45) is 16.7 Å². The van der Waals surface area contributed by atoms with Crippen molar-refractivity contribution in [2.75, 3.05) is 6.61 Å². The first kappa shape index (κ1) is 13.5. The molecule has 0 unspecified atom stereocenters. The van der Waals surface area contributed by atoms with E-state index in [1.807, 2.05) is 6.07 Å². The van der Waals surface area contributed by atoms with E-state index >= 15 is 0 Å². The largest absolute Gasteiger partial charge is 0.396 e. The number of hydrogen-bond acceptors (Lipinski definition) is 2. The van der Waals surface area contributed by atoms with Gasteiger partial charge in [0.1, 0.15) is 0 Å². The van der Waals surface area contributed by atoms with Gasteiger partial charge in [0.25, 0.3) is 0 Å². The number of aliphatic hydroxyl groups is 1. The van der Waals surface area contributed by atoms with Gasteiger partial charge in [-0.3, -0.25) is 0 Å². The lowest BCUT2D eigenvalue weighted by atomic mass is 9.41. The molecule has 2 bridgehead atoms. The molecule has 21 heavy (non-hydrogen) atoms. The van der Waals surface area contributed by atoms with Crippen molar-refractivity contribution >= 4 is 0 Å². The highest BCUT2D eigenvalue weighted by Gasteiger charge is 2.76. The van der Waals surface area contributed by atoms with Crippen LogP contribution in [-0.4, -0.2) is 17.8 Å². The van der Waals surface area contributed by atoms with E-state index in [1.165, 1.54) is 24.0 Å². The van der Waals surface area contributed by atoms with Crippen LogP contribution in [0.2, 0.25) is 0 Å². The molecule has 4 fully saturated rings. The summed E-state index contributed by atoms with van der Waals surface area (Å²) in [7, 11) is 0. The minimum atomic E-state index is 0.0689. The third-order valence-corrected chi connectivity index (χ3v) is 6.57. The summed E-state index contributed by atoms with van der Waals surface area (Å²) in [5.41, 5.74) is 2.76. The lowest BCUT2D eigenvalue weighted by molar-refractivity contribution is -0.139. The van der Waals surface area contributed by atoms with Crippen LogP contribution < -0.4 is 0 Å². The van der Waals surface area contributed by atoms with Gasteiger partial charge in [0.2, 0.25) is 0 Å². The van der Waals surface area contributed by atoms with Gasteiger partial charge in [0.05, 0.1) is 19.3 Å². The Morgan fingerprint density at radius 1 is 1.19 bits per heavy atom. The molecular weight excluding hydrogens is 260 g/mol. The Labute approximate surface area is 126 Å². The molecule has 0 amide bonds. The van der Waals surface area contributed by atoms with Gasteiger partial charge in [-0.2, -0.15) is 0 Å². The number of aliphatic hydroxyl groups excluding tert-OH is 1. The predicted molar refractivity (Wildman–Crippen MR) is 82.7 cm³/mol. The summed E-state index contributed by atoms with van der Waals surface area (Å²) in [4.78, 5) is 0. The van der Waals surface area contributed by atoms with Crippen LogP contribution in [0.15, 0.2) is 42.5 Å². The van der Waals surface area contributed by atoms with E-state index < -0.39 is 0 Å². The minimum Gasteiger partial charge on any atom is -0.396 e. The van der Waals surface area contributed by atoms with Crippen LogP contribution in [0.3, 0.4) is 0 Å². The van der Waals surface area contributed by atoms with E-state index in [9.17, 15) is 5.11 Å². The third kappa shape index (κ3) is 1.55. The van der Waals surface area contributed by atoms with Gasteiger partial charge in [0, 0.05) is 10.8 Å². The molecule has 1 N–H and O–H groups in total. The van der Waals surface area contributed by atoms with Crippen LogP contribution in [0, 0.1) is 16.7 Å². The Morgan fingerprint density at radius 2 is 1.95 bits per heavy atom. The molecule has 1 spiro atoms. The maximum atomic E-state index is 10.1. The van der Waals surface area contributed by atoms with Gasteiger partial charge in [-0.25, -0.2) is 0 Å². The standard InChI is InChI=1S/C19H24O2/c1-14-16-11-17(21-12-15-7-3-2-4-8-15)19(14)10-6-5-9-18(16,19)13-20/h2-4,7-8,16-17,20H,1,5-6,9-13H2/t16-,17+,18-,19-/m1/s1. The van der Waals surface area contributed by atoms with E-state index in [1.54, 1.807) is 0 Å². The van der Waals surface area contributed by atoms with Gasteiger partial charge < -0.3 is 9.84 Å². The summed E-state index contributed by atoms with van der Waals surface area (Å²) in [6.45, 7) is 5.35. The number of benzene rings is 1. The van der Waals surface area contributed by atoms with Gasteiger partial charge in [-0.1, -0.05) is 55.3 Å². The van der Waals surface area contributed by atoms with Crippen LogP contribution in [0.5, 0.6) is 0 Å². The van der Waals surface area contributed by atoms with Crippen molar-refractivity contribution in [3.8, 4) is 0 Å². The highest BCUT2D eigenvalue weighted by atomic mass is 16.5. The summed E-state index contributed by atoms with van der Waals surface area (Å²) in [6.07, 6.45) is 6.12.